The summed E-state index contributed by atoms with van der Waals surface area (Å²) in [5.74, 6) is 0.550. The van der Waals surface area contributed by atoms with Crippen LogP contribution in [0.15, 0.2) is 47.0 Å². The van der Waals surface area contributed by atoms with Crippen molar-refractivity contribution in [3.8, 4) is 11.6 Å². The van der Waals surface area contributed by atoms with Crippen LogP contribution >= 0.6 is 0 Å². The van der Waals surface area contributed by atoms with Crippen molar-refractivity contribution < 1.29 is 13.2 Å². The Morgan fingerprint density at radius 3 is 2.79 bits per heavy atom. The van der Waals surface area contributed by atoms with Gasteiger partial charge in [0.25, 0.3) is 0 Å². The first-order chi connectivity index (χ1) is 11.7. The number of aryl methyl sites for hydroxylation is 1. The second kappa shape index (κ2) is 6.03. The number of oxazole rings is 1. The molecule has 0 atom stereocenters. The van der Waals surface area contributed by atoms with E-state index in [4.69, 9.17) is 4.42 Å². The Hall–Kier alpha value is -2.76. The van der Waals surface area contributed by atoms with E-state index < -0.39 is 5.82 Å². The van der Waals surface area contributed by atoms with Crippen LogP contribution in [0, 0.1) is 11.6 Å². The standard InChI is InChI=1S/C18H15F2N3O/c19-12-3-1-4-14(9-12)23-8-2-5-17-16(11-23)22-18(24-17)15-7-6-13(20)10-21-15/h1,3-4,6-7,9-10H,2,5,8,11H2. The maximum Gasteiger partial charge on any atom is 0.245 e. The molecule has 0 aliphatic carbocycles. The van der Waals surface area contributed by atoms with Gasteiger partial charge in [-0.2, -0.15) is 0 Å². The van der Waals surface area contributed by atoms with Crippen molar-refractivity contribution in [3.05, 3.63) is 65.7 Å². The molecule has 24 heavy (non-hydrogen) atoms. The largest absolute Gasteiger partial charge is 0.440 e. The molecular formula is C18H15F2N3O. The minimum Gasteiger partial charge on any atom is -0.440 e. The van der Waals surface area contributed by atoms with Crippen LogP contribution in [0.3, 0.4) is 0 Å². The molecule has 0 amide bonds. The van der Waals surface area contributed by atoms with E-state index in [2.05, 4.69) is 14.9 Å². The number of halogens is 2. The summed E-state index contributed by atoms with van der Waals surface area (Å²) in [6.45, 7) is 1.35. The Kier molecular flexibility index (Phi) is 3.72. The first-order valence-corrected chi connectivity index (χ1v) is 7.80. The molecule has 1 aliphatic rings. The molecule has 3 aromatic rings. The second-order valence-electron chi connectivity index (χ2n) is 5.76. The zero-order valence-electron chi connectivity index (χ0n) is 12.9. The zero-order valence-corrected chi connectivity index (χ0v) is 12.9. The molecule has 0 bridgehead atoms. The topological polar surface area (TPSA) is 42.2 Å². The molecule has 6 heteroatoms. The second-order valence-corrected chi connectivity index (χ2v) is 5.76. The lowest BCUT2D eigenvalue weighted by molar-refractivity contribution is 0.510. The summed E-state index contributed by atoms with van der Waals surface area (Å²) < 4.78 is 32.3. The summed E-state index contributed by atoms with van der Waals surface area (Å²) in [5, 5.41) is 0. The molecule has 0 radical (unpaired) electrons. The van der Waals surface area contributed by atoms with Gasteiger partial charge in [0.2, 0.25) is 5.89 Å². The van der Waals surface area contributed by atoms with E-state index in [0.717, 1.165) is 42.7 Å². The number of rotatable bonds is 2. The van der Waals surface area contributed by atoms with Gasteiger partial charge in [0.05, 0.1) is 12.7 Å². The number of pyridine rings is 1. The van der Waals surface area contributed by atoms with Crippen molar-refractivity contribution in [2.45, 2.75) is 19.4 Å². The van der Waals surface area contributed by atoms with Gasteiger partial charge >= 0.3 is 0 Å². The van der Waals surface area contributed by atoms with Crippen LogP contribution in [0.4, 0.5) is 14.5 Å². The van der Waals surface area contributed by atoms with Crippen molar-refractivity contribution in [1.29, 1.82) is 0 Å². The van der Waals surface area contributed by atoms with Gasteiger partial charge < -0.3 is 9.32 Å². The molecule has 4 rings (SSSR count). The van der Waals surface area contributed by atoms with Crippen molar-refractivity contribution in [2.75, 3.05) is 11.4 Å². The van der Waals surface area contributed by atoms with E-state index in [1.54, 1.807) is 12.1 Å². The van der Waals surface area contributed by atoms with E-state index in [1.165, 1.54) is 18.2 Å². The van der Waals surface area contributed by atoms with Crippen LogP contribution < -0.4 is 4.90 Å². The fourth-order valence-electron chi connectivity index (χ4n) is 2.90. The number of nitrogens with zero attached hydrogens (tertiary/aromatic N) is 3. The van der Waals surface area contributed by atoms with Gasteiger partial charge in [0, 0.05) is 18.7 Å². The van der Waals surface area contributed by atoms with Gasteiger partial charge in [0.1, 0.15) is 28.8 Å². The fourth-order valence-corrected chi connectivity index (χ4v) is 2.90. The number of fused-ring (bicyclic) bond motifs is 1. The molecule has 0 spiro atoms. The smallest absolute Gasteiger partial charge is 0.245 e. The van der Waals surface area contributed by atoms with E-state index in [9.17, 15) is 8.78 Å². The highest BCUT2D eigenvalue weighted by molar-refractivity contribution is 5.50. The summed E-state index contributed by atoms with van der Waals surface area (Å²) in [4.78, 5) is 10.6. The van der Waals surface area contributed by atoms with Crippen molar-refractivity contribution >= 4 is 5.69 Å². The van der Waals surface area contributed by atoms with Crippen molar-refractivity contribution in [1.82, 2.24) is 9.97 Å². The number of aromatic nitrogens is 2. The Balaban J connectivity index is 1.64. The molecular weight excluding hydrogens is 312 g/mol. The first kappa shape index (κ1) is 14.8. The molecule has 0 fully saturated rings. The molecule has 4 nitrogen and oxygen atoms in total. The third kappa shape index (κ3) is 2.87. The summed E-state index contributed by atoms with van der Waals surface area (Å²) >= 11 is 0. The van der Waals surface area contributed by atoms with E-state index >= 15 is 0 Å². The van der Waals surface area contributed by atoms with Crippen LogP contribution in [0.25, 0.3) is 11.6 Å². The molecule has 122 valence electrons. The van der Waals surface area contributed by atoms with Gasteiger partial charge in [-0.05, 0) is 36.8 Å². The number of hydrogen-bond donors (Lipinski definition) is 0. The zero-order chi connectivity index (χ0) is 16.5. The maximum absolute atomic E-state index is 13.5. The number of benzene rings is 1. The van der Waals surface area contributed by atoms with E-state index in [-0.39, 0.29) is 5.82 Å². The van der Waals surface area contributed by atoms with Gasteiger partial charge in [-0.1, -0.05) is 6.07 Å². The van der Waals surface area contributed by atoms with Crippen LogP contribution in [-0.4, -0.2) is 16.5 Å². The Morgan fingerprint density at radius 2 is 2.00 bits per heavy atom. The lowest BCUT2D eigenvalue weighted by atomic mass is 10.2. The molecule has 0 N–H and O–H groups in total. The summed E-state index contributed by atoms with van der Waals surface area (Å²) in [6.07, 6.45) is 2.79. The predicted octanol–water partition coefficient (Wildman–Crippen LogP) is 3.97. The predicted molar refractivity (Wildman–Crippen MR) is 85.5 cm³/mol. The van der Waals surface area contributed by atoms with E-state index in [0.29, 0.717) is 18.1 Å². The lowest BCUT2D eigenvalue weighted by Crippen LogP contribution is -2.22. The van der Waals surface area contributed by atoms with Crippen LogP contribution in [0.5, 0.6) is 0 Å². The number of anilines is 1. The van der Waals surface area contributed by atoms with Gasteiger partial charge in [0.15, 0.2) is 0 Å². The SMILES string of the molecule is Fc1ccc(-c2nc3c(o2)CCCN(c2cccc(F)c2)C3)nc1. The van der Waals surface area contributed by atoms with Crippen LogP contribution in [-0.2, 0) is 13.0 Å². The Bertz CT molecular complexity index is 861. The van der Waals surface area contributed by atoms with Crippen molar-refractivity contribution in [3.63, 3.8) is 0 Å². The molecule has 0 unspecified atom stereocenters. The fraction of sp³-hybridized carbons (Fsp3) is 0.222. The Morgan fingerprint density at radius 1 is 1.08 bits per heavy atom. The minimum absolute atomic E-state index is 0.256. The first-order valence-electron chi connectivity index (χ1n) is 7.80. The third-order valence-electron chi connectivity index (χ3n) is 4.07. The highest BCUT2D eigenvalue weighted by Crippen LogP contribution is 2.27. The monoisotopic (exact) mass is 327 g/mol. The lowest BCUT2D eigenvalue weighted by Gasteiger charge is -2.22. The summed E-state index contributed by atoms with van der Waals surface area (Å²) in [6, 6.07) is 9.42. The summed E-state index contributed by atoms with van der Waals surface area (Å²) in [7, 11) is 0. The van der Waals surface area contributed by atoms with Gasteiger partial charge in [-0.15, -0.1) is 0 Å². The Labute approximate surface area is 137 Å². The number of hydrogen-bond acceptors (Lipinski definition) is 4. The normalized spacial score (nSPS) is 14.3. The third-order valence-corrected chi connectivity index (χ3v) is 4.07. The highest BCUT2D eigenvalue weighted by atomic mass is 19.1. The molecule has 0 saturated carbocycles. The average Bonchev–Trinajstić information content (AvgIpc) is 2.87. The minimum atomic E-state index is -0.399. The van der Waals surface area contributed by atoms with Gasteiger partial charge in [-0.25, -0.2) is 18.7 Å². The maximum atomic E-state index is 13.5. The quantitative estimate of drug-likeness (QED) is 0.714. The van der Waals surface area contributed by atoms with E-state index in [1.807, 2.05) is 6.07 Å². The molecule has 0 saturated heterocycles. The molecule has 3 heterocycles. The van der Waals surface area contributed by atoms with Crippen LogP contribution in [0.1, 0.15) is 17.9 Å². The average molecular weight is 327 g/mol. The van der Waals surface area contributed by atoms with Gasteiger partial charge in [-0.3, -0.25) is 0 Å². The molecule has 2 aromatic heterocycles. The van der Waals surface area contributed by atoms with Crippen molar-refractivity contribution in [2.24, 2.45) is 0 Å². The summed E-state index contributed by atoms with van der Waals surface area (Å²) in [5.41, 5.74) is 2.15. The molecule has 1 aliphatic heterocycles. The highest BCUT2D eigenvalue weighted by Gasteiger charge is 2.22. The van der Waals surface area contributed by atoms with Crippen LogP contribution in [0.2, 0.25) is 0 Å². The molecule has 1 aromatic carbocycles.